The summed E-state index contributed by atoms with van der Waals surface area (Å²) in [5.74, 6) is -20.4. The third kappa shape index (κ3) is 25.7. The van der Waals surface area contributed by atoms with Crippen LogP contribution in [0.25, 0.3) is 43.7 Å². The number of alkyl halides is 1. The summed E-state index contributed by atoms with van der Waals surface area (Å²) in [5, 5.41) is 69.3. The Hall–Kier alpha value is -14.6. The van der Waals surface area contributed by atoms with Crippen LogP contribution in [0.15, 0.2) is 119 Å². The standard InChI is InChI=1S/C89H98ClN19O21S/c1-43(2)60(82(123)98-54-17-21-62-49(29-54)31-65(99-62)69(112)28-46-12-20-61-48(27-46)32-66(100-61)84(125)109-41-52(38-90)76-59-9-6-5-8-58(59)44(3)26-68(76)109)36-57(111)18-11-45(4)106-107-72(114)23-25-108-73(115)37-71(85(108)126)131-42-67(87(129)130)103-81(122)51(35-75(118)119)33-70(113)63(10-7-24-94-88(91)92)101-80(121)50(34-74(116)117)30-56(110)19-22-64(86(127)128)102-79(120)47-13-15-53(16-14-47)95-39-55-40-96-78-77(97-55)83(124)105-89(93)104-78/h5-6,8-9,12-17,20-21,26-27,29,31-32,40,43,50-52,60,63-64,67,71,95,99-100H,7,10-11,18-19,22-25,28,30,33-39,41-42H2,1-4H3,(H,98,123)(H,101,121)(H,102,120)(H,103,122)(H,107,114)(H,116,117)(H,118,119)(H,127,128)(H,129,130)(H4,91,92,94)(H3,93,96,104,105,124)/b106-45-/t50-,51-,52-,60-,63-,64-,67-,71?/m0/s1. The fraction of sp³-hybridized carbons (Fsp3) is 0.371. The summed E-state index contributed by atoms with van der Waals surface area (Å²) in [4.78, 5) is 249. The Morgan fingerprint density at radius 3 is 2.02 bits per heavy atom. The molecule has 0 radical (unpaired) electrons. The van der Waals surface area contributed by atoms with Gasteiger partial charge >= 0.3 is 23.9 Å². The average Bonchev–Trinajstić information content (AvgIpc) is 1.60. The number of guanidine groups is 1. The number of carboxylic acid groups (broad SMARTS) is 4. The summed E-state index contributed by atoms with van der Waals surface area (Å²) >= 11 is 7.15. The van der Waals surface area contributed by atoms with Gasteiger partial charge in [0.1, 0.15) is 29.3 Å². The van der Waals surface area contributed by atoms with Crippen LogP contribution in [0, 0.1) is 36.0 Å². The minimum absolute atomic E-state index is 0.00331. The van der Waals surface area contributed by atoms with Gasteiger partial charge < -0.3 is 78.7 Å². The number of carbonyl (C=O) groups excluding carboxylic acids is 12. The maximum atomic E-state index is 14.2. The molecule has 2 aliphatic heterocycles. The number of imide groups is 1. The van der Waals surface area contributed by atoms with E-state index in [4.69, 9.17) is 28.5 Å². The molecule has 9 aromatic rings. The van der Waals surface area contributed by atoms with E-state index in [9.17, 15) is 102 Å². The molecule has 11 rings (SSSR count). The lowest BCUT2D eigenvalue weighted by Gasteiger charge is -2.24. The van der Waals surface area contributed by atoms with E-state index < -0.39 is 193 Å². The molecule has 4 aromatic heterocycles. The maximum Gasteiger partial charge on any atom is 0.327 e. The number of aromatic amines is 3. The second-order valence-corrected chi connectivity index (χ2v) is 34.1. The number of nitrogen functional groups attached to an aromatic ring is 1. The largest absolute Gasteiger partial charge is 0.481 e. The van der Waals surface area contributed by atoms with Gasteiger partial charge in [-0.05, 0) is 146 Å². The van der Waals surface area contributed by atoms with Crippen LogP contribution in [0.2, 0.25) is 0 Å². The highest BCUT2D eigenvalue weighted by molar-refractivity contribution is 8.00. The fourth-order valence-electron chi connectivity index (χ4n) is 15.5. The van der Waals surface area contributed by atoms with Crippen LogP contribution in [0.5, 0.6) is 0 Å². The molecule has 1 fully saturated rings. The van der Waals surface area contributed by atoms with Crippen LogP contribution in [0.1, 0.15) is 164 Å². The van der Waals surface area contributed by atoms with Crippen LogP contribution in [0.3, 0.4) is 0 Å². The van der Waals surface area contributed by atoms with Crippen LogP contribution in [-0.2, 0) is 75.3 Å². The Morgan fingerprint density at radius 1 is 0.695 bits per heavy atom. The number of halogens is 1. The summed E-state index contributed by atoms with van der Waals surface area (Å²) in [6, 6.07) is 24.9. The van der Waals surface area contributed by atoms with E-state index in [0.29, 0.717) is 69.3 Å². The molecule has 8 amide bonds. The molecule has 19 N–H and O–H groups in total. The van der Waals surface area contributed by atoms with Gasteiger partial charge in [-0.1, -0.05) is 44.2 Å². The van der Waals surface area contributed by atoms with Gasteiger partial charge in [-0.25, -0.2) is 25.0 Å². The number of nitrogens with one attached hydrogen (secondary N) is 11. The highest BCUT2D eigenvalue weighted by atomic mass is 35.5. The molecule has 6 heterocycles. The van der Waals surface area contributed by atoms with Gasteiger partial charge in [0, 0.05) is 145 Å². The van der Waals surface area contributed by atoms with Crippen molar-refractivity contribution in [3.8, 4) is 0 Å². The van der Waals surface area contributed by atoms with Crippen molar-refractivity contribution >= 4 is 196 Å². The van der Waals surface area contributed by atoms with E-state index in [-0.39, 0.29) is 104 Å². The van der Waals surface area contributed by atoms with Crippen molar-refractivity contribution in [2.75, 3.05) is 52.5 Å². The quantitative estimate of drug-likeness (QED) is 0.00367. The van der Waals surface area contributed by atoms with Crippen molar-refractivity contribution in [3.63, 3.8) is 0 Å². The van der Waals surface area contributed by atoms with Crippen LogP contribution in [-0.4, -0.2) is 216 Å². The van der Waals surface area contributed by atoms with Crippen molar-refractivity contribution < 1.29 is 97.1 Å². The van der Waals surface area contributed by atoms with E-state index in [1.54, 1.807) is 42.2 Å². The Morgan fingerprint density at radius 2 is 1.34 bits per heavy atom. The van der Waals surface area contributed by atoms with Crippen molar-refractivity contribution in [3.05, 3.63) is 159 Å². The minimum atomic E-state index is -1.88. The molecule has 1 saturated heterocycles. The summed E-state index contributed by atoms with van der Waals surface area (Å²) < 4.78 is 0. The number of aromatic nitrogens is 6. The van der Waals surface area contributed by atoms with Crippen molar-refractivity contribution in [2.45, 2.75) is 153 Å². The zero-order valence-electron chi connectivity index (χ0n) is 71.6. The highest BCUT2D eigenvalue weighted by Crippen LogP contribution is 2.44. The molecule has 0 aliphatic carbocycles. The predicted molar refractivity (Wildman–Crippen MR) is 483 cm³/mol. The zero-order chi connectivity index (χ0) is 94.8. The van der Waals surface area contributed by atoms with Gasteiger partial charge in [-0.3, -0.25) is 87.2 Å². The number of ketones is 4. The molecule has 0 spiro atoms. The number of thioether (sulfide) groups is 1. The third-order valence-electron chi connectivity index (χ3n) is 22.5. The number of carbonyl (C=O) groups is 16. The molecule has 40 nitrogen and oxygen atoms in total. The van der Waals surface area contributed by atoms with Gasteiger partial charge in [-0.2, -0.15) is 10.1 Å². The zero-order valence-corrected chi connectivity index (χ0v) is 73.2. The number of nitrogens with zero attached hydrogens (tertiary/aromatic N) is 6. The lowest BCUT2D eigenvalue weighted by atomic mass is 9.88. The molecular weight excluding hydrogens is 1740 g/mol. The van der Waals surface area contributed by atoms with Crippen molar-refractivity contribution in [1.29, 1.82) is 5.41 Å². The topological polar surface area (TPSA) is 636 Å². The summed E-state index contributed by atoms with van der Waals surface area (Å²) in [6.45, 7) is 7.20. The molecule has 688 valence electrons. The molecule has 0 bridgehead atoms. The van der Waals surface area contributed by atoms with E-state index in [1.165, 1.54) is 30.5 Å². The second kappa shape index (κ2) is 43.9. The van der Waals surface area contributed by atoms with Crippen LogP contribution < -0.4 is 59.3 Å². The predicted octanol–water partition coefficient (Wildman–Crippen LogP) is 6.51. The number of aliphatic carboxylic acids is 4. The molecule has 2 aliphatic rings. The average molecular weight is 1840 g/mol. The number of H-pyrrole nitrogens is 3. The number of aryl methyl sites for hydroxylation is 1. The number of fused-ring (bicyclic) bond motifs is 6. The van der Waals surface area contributed by atoms with Gasteiger partial charge in [0.2, 0.25) is 41.4 Å². The fourth-order valence-corrected chi connectivity index (χ4v) is 16.9. The molecule has 8 atom stereocenters. The number of anilines is 4. The third-order valence-corrected chi connectivity index (χ3v) is 24.1. The Kier molecular flexibility index (Phi) is 32.5. The number of hydrogen-bond acceptors (Lipinski definition) is 25. The van der Waals surface area contributed by atoms with Gasteiger partial charge in [-0.15, -0.1) is 23.4 Å². The van der Waals surface area contributed by atoms with Gasteiger partial charge in [0.25, 0.3) is 17.4 Å². The van der Waals surface area contributed by atoms with E-state index in [1.807, 2.05) is 57.2 Å². The first-order chi connectivity index (χ1) is 62.4. The van der Waals surface area contributed by atoms with E-state index in [0.717, 1.165) is 49.0 Å². The molecular formula is C89H98ClN19O21S. The lowest BCUT2D eigenvalue weighted by molar-refractivity contribution is -0.144. The molecule has 131 heavy (non-hydrogen) atoms. The van der Waals surface area contributed by atoms with Gasteiger partial charge in [0.05, 0.1) is 60.1 Å². The SMILES string of the molecule is C/C(CCC(=O)C[C@H](C(=O)Nc1ccc2[nH]c(C(=O)Cc3ccc4[nH]c(C(=O)N5C[C@H](CCl)c6c5cc(C)c5ccccc65)cc4c3)cc2c1)C(C)C)=N/NC(=O)CCN1C(=O)CC(SC[C@H](NC(=O)[C@H](CC(=O)O)CC(=O)[C@H](CCCNC(=N)N)NC(=O)[C@H](CC(=O)O)CC(=O)CC[C@H](NC(=O)c2ccc(NCc3cnc4nc(N)[nH]c(=O)c4n3)cc2)C(=O)O)C(=O)O)C1=O. The Bertz CT molecular complexity index is 6110. The number of amides is 8. The lowest BCUT2D eigenvalue weighted by Crippen LogP contribution is -2.48. The number of rotatable bonds is 47. The number of hydrazone groups is 1. The smallest absolute Gasteiger partial charge is 0.327 e. The first-order valence-electron chi connectivity index (χ1n) is 41.9. The molecule has 5 aromatic carbocycles. The normalized spacial score (nSPS) is 15.1. The molecule has 42 heteroatoms. The number of Topliss-reactive ketones (excluding diaryl/α,β-unsaturated/α-hetero) is 4. The summed E-state index contributed by atoms with van der Waals surface area (Å²) in [5.41, 5.74) is 20.1. The van der Waals surface area contributed by atoms with Crippen molar-refractivity contribution in [1.82, 2.24) is 61.5 Å². The van der Waals surface area contributed by atoms with Crippen LogP contribution >= 0.6 is 23.4 Å². The number of nitrogens with two attached hydrogens (primary N) is 2. The van der Waals surface area contributed by atoms with Crippen LogP contribution in [0.4, 0.5) is 23.0 Å². The molecule has 1 unspecified atom stereocenters. The summed E-state index contributed by atoms with van der Waals surface area (Å²) in [6.07, 6.45) is -4.98. The number of carboxylic acids is 4. The minimum Gasteiger partial charge on any atom is -0.481 e. The summed E-state index contributed by atoms with van der Waals surface area (Å²) in [7, 11) is 0. The number of benzene rings is 5. The number of hydrogen-bond donors (Lipinski definition) is 17. The maximum absolute atomic E-state index is 14.2. The first kappa shape index (κ1) is 97.0. The molecule has 0 saturated carbocycles. The van der Waals surface area contributed by atoms with E-state index >= 15 is 0 Å². The van der Waals surface area contributed by atoms with E-state index in [2.05, 4.69) is 84.5 Å². The second-order valence-electron chi connectivity index (χ2n) is 32.5. The first-order valence-corrected chi connectivity index (χ1v) is 43.5. The monoisotopic (exact) mass is 1840 g/mol. The van der Waals surface area contributed by atoms with Crippen molar-refractivity contribution in [2.24, 2.45) is 34.5 Å². The highest BCUT2D eigenvalue weighted by Gasteiger charge is 2.42. The Labute approximate surface area is 755 Å². The number of likely N-dealkylation sites (tertiary alicyclic amines) is 1. The van der Waals surface area contributed by atoms with Gasteiger partial charge in [0.15, 0.2) is 28.7 Å². The Balaban J connectivity index is 0.605.